The molecule has 1 aromatic carbocycles. The second kappa shape index (κ2) is 3.70. The van der Waals surface area contributed by atoms with Crippen LogP contribution in [0.25, 0.3) is 10.8 Å². The topological polar surface area (TPSA) is 27.7 Å². The number of nitriles is 1. The Labute approximate surface area is 89.4 Å². The number of aromatic nitrogens is 1. The molecule has 1 unspecified atom stereocenters. The van der Waals surface area contributed by atoms with E-state index < -0.39 is 0 Å². The summed E-state index contributed by atoms with van der Waals surface area (Å²) >= 11 is 0. The Bertz CT molecular complexity index is 538. The normalized spacial score (nSPS) is 12.3. The average molecular weight is 197 g/mol. The second-order valence-corrected chi connectivity index (χ2v) is 3.70. The Balaban J connectivity index is 2.71. The van der Waals surface area contributed by atoms with Crippen LogP contribution in [0, 0.1) is 18.3 Å². The molecule has 2 aromatic rings. The maximum Gasteiger partial charge on any atom is 0.240 e. The van der Waals surface area contributed by atoms with E-state index in [1.165, 1.54) is 10.8 Å². The molecule has 0 aliphatic heterocycles. The SMILES string of the molecule is Cc1c2ccccc2cc[n+]1C(C)C#N. The second-order valence-electron chi connectivity index (χ2n) is 3.70. The van der Waals surface area contributed by atoms with Gasteiger partial charge in [0.15, 0.2) is 11.9 Å². The van der Waals surface area contributed by atoms with Crippen LogP contribution in [0.4, 0.5) is 0 Å². The van der Waals surface area contributed by atoms with Crippen molar-refractivity contribution in [2.45, 2.75) is 19.9 Å². The molecule has 0 aliphatic rings. The molecule has 1 atom stereocenters. The molecule has 2 rings (SSSR count). The van der Waals surface area contributed by atoms with E-state index in [0.717, 1.165) is 5.69 Å². The van der Waals surface area contributed by atoms with Gasteiger partial charge in [-0.05, 0) is 11.5 Å². The van der Waals surface area contributed by atoms with E-state index in [0.29, 0.717) is 0 Å². The third-order valence-corrected chi connectivity index (χ3v) is 2.76. The van der Waals surface area contributed by atoms with Crippen molar-refractivity contribution < 1.29 is 4.57 Å². The summed E-state index contributed by atoms with van der Waals surface area (Å²) in [6.07, 6.45) is 1.98. The molecule has 0 fully saturated rings. The summed E-state index contributed by atoms with van der Waals surface area (Å²) in [4.78, 5) is 0. The first kappa shape index (κ1) is 9.67. The van der Waals surface area contributed by atoms with Crippen molar-refractivity contribution in [2.24, 2.45) is 0 Å². The van der Waals surface area contributed by atoms with Crippen molar-refractivity contribution >= 4 is 10.8 Å². The number of fused-ring (bicyclic) bond motifs is 1. The summed E-state index contributed by atoms with van der Waals surface area (Å²) in [6, 6.07) is 12.4. The van der Waals surface area contributed by atoms with E-state index >= 15 is 0 Å². The van der Waals surface area contributed by atoms with Gasteiger partial charge in [-0.2, -0.15) is 9.83 Å². The largest absolute Gasteiger partial charge is 0.240 e. The van der Waals surface area contributed by atoms with Crippen LogP contribution in [0.1, 0.15) is 18.7 Å². The lowest BCUT2D eigenvalue weighted by molar-refractivity contribution is -0.711. The molecule has 2 heteroatoms. The summed E-state index contributed by atoms with van der Waals surface area (Å²) in [5, 5.41) is 11.3. The predicted octanol–water partition coefficient (Wildman–Crippen LogP) is 2.52. The molecule has 0 spiro atoms. The molecule has 1 heterocycles. The fraction of sp³-hybridized carbons (Fsp3) is 0.231. The van der Waals surface area contributed by atoms with Crippen LogP contribution in [0.3, 0.4) is 0 Å². The zero-order valence-electron chi connectivity index (χ0n) is 8.94. The van der Waals surface area contributed by atoms with Gasteiger partial charge >= 0.3 is 0 Å². The molecular weight excluding hydrogens is 184 g/mol. The van der Waals surface area contributed by atoms with Gasteiger partial charge in [-0.3, -0.25) is 0 Å². The number of hydrogen-bond donors (Lipinski definition) is 0. The summed E-state index contributed by atoms with van der Waals surface area (Å²) < 4.78 is 2.00. The molecule has 74 valence electrons. The van der Waals surface area contributed by atoms with Crippen molar-refractivity contribution in [3.63, 3.8) is 0 Å². The molecule has 0 amide bonds. The highest BCUT2D eigenvalue weighted by atomic mass is 15.0. The van der Waals surface area contributed by atoms with E-state index in [1.807, 2.05) is 29.8 Å². The van der Waals surface area contributed by atoms with Crippen LogP contribution in [-0.4, -0.2) is 0 Å². The van der Waals surface area contributed by atoms with E-state index in [9.17, 15) is 0 Å². The highest BCUT2D eigenvalue weighted by Crippen LogP contribution is 2.15. The Morgan fingerprint density at radius 3 is 2.73 bits per heavy atom. The molecule has 0 N–H and O–H groups in total. The standard InChI is InChI=1S/C13H13N2/c1-10(9-14)15-8-7-12-5-3-4-6-13(12)11(15)2/h3-8,10H,1-2H3/q+1. The minimum absolute atomic E-state index is 0.116. The van der Waals surface area contributed by atoms with Crippen molar-refractivity contribution in [2.75, 3.05) is 0 Å². The van der Waals surface area contributed by atoms with Gasteiger partial charge in [0.25, 0.3) is 0 Å². The van der Waals surface area contributed by atoms with Crippen molar-refractivity contribution in [3.05, 3.63) is 42.2 Å². The van der Waals surface area contributed by atoms with Crippen LogP contribution in [0.15, 0.2) is 36.5 Å². The third kappa shape index (κ3) is 1.57. The predicted molar refractivity (Wildman–Crippen MR) is 59.2 cm³/mol. The van der Waals surface area contributed by atoms with E-state index in [1.54, 1.807) is 0 Å². The zero-order chi connectivity index (χ0) is 10.8. The fourth-order valence-electron chi connectivity index (χ4n) is 1.87. The number of pyridine rings is 1. The molecule has 1 aromatic heterocycles. The van der Waals surface area contributed by atoms with Gasteiger partial charge in [-0.1, -0.05) is 18.2 Å². The lowest BCUT2D eigenvalue weighted by atomic mass is 10.1. The van der Waals surface area contributed by atoms with E-state index in [4.69, 9.17) is 5.26 Å². The molecule has 15 heavy (non-hydrogen) atoms. The quantitative estimate of drug-likeness (QED) is 0.645. The Kier molecular flexibility index (Phi) is 2.39. The van der Waals surface area contributed by atoms with Gasteiger partial charge in [-0.25, -0.2) is 0 Å². The number of nitrogens with zero attached hydrogens (tertiary/aromatic N) is 2. The first-order valence-electron chi connectivity index (χ1n) is 5.03. The van der Waals surface area contributed by atoms with Crippen LogP contribution in [0.2, 0.25) is 0 Å². The molecule has 2 nitrogen and oxygen atoms in total. The summed E-state index contributed by atoms with van der Waals surface area (Å²) in [6.45, 7) is 3.96. The van der Waals surface area contributed by atoms with Gasteiger partial charge in [0.1, 0.15) is 6.07 Å². The molecule has 0 radical (unpaired) electrons. The molecule has 0 bridgehead atoms. The van der Waals surface area contributed by atoms with Gasteiger partial charge in [0.2, 0.25) is 6.04 Å². The van der Waals surface area contributed by atoms with E-state index in [2.05, 4.69) is 31.2 Å². The van der Waals surface area contributed by atoms with Crippen molar-refractivity contribution in [1.82, 2.24) is 0 Å². The number of benzene rings is 1. The smallest absolute Gasteiger partial charge is 0.191 e. The molecule has 0 saturated heterocycles. The molecule has 0 aliphatic carbocycles. The van der Waals surface area contributed by atoms with Crippen LogP contribution >= 0.6 is 0 Å². The van der Waals surface area contributed by atoms with E-state index in [-0.39, 0.29) is 6.04 Å². The summed E-state index contributed by atoms with van der Waals surface area (Å²) in [7, 11) is 0. The highest BCUT2D eigenvalue weighted by molar-refractivity contribution is 5.83. The van der Waals surface area contributed by atoms with Crippen LogP contribution in [0.5, 0.6) is 0 Å². The maximum atomic E-state index is 8.91. The minimum Gasteiger partial charge on any atom is -0.191 e. The van der Waals surface area contributed by atoms with Gasteiger partial charge in [-0.15, -0.1) is 0 Å². The number of aryl methyl sites for hydroxylation is 1. The first-order chi connectivity index (χ1) is 7.24. The summed E-state index contributed by atoms with van der Waals surface area (Å²) in [5.41, 5.74) is 1.14. The molecule has 0 saturated carbocycles. The lowest BCUT2D eigenvalue weighted by Gasteiger charge is -2.04. The van der Waals surface area contributed by atoms with Gasteiger partial charge in [0.05, 0.1) is 0 Å². The monoisotopic (exact) mass is 197 g/mol. The maximum absolute atomic E-state index is 8.91. The van der Waals surface area contributed by atoms with Crippen LogP contribution in [-0.2, 0) is 0 Å². The Morgan fingerprint density at radius 1 is 1.27 bits per heavy atom. The average Bonchev–Trinajstić information content (AvgIpc) is 2.29. The van der Waals surface area contributed by atoms with Gasteiger partial charge in [0, 0.05) is 25.3 Å². The number of hydrogen-bond acceptors (Lipinski definition) is 1. The van der Waals surface area contributed by atoms with Crippen molar-refractivity contribution in [3.8, 4) is 6.07 Å². The Morgan fingerprint density at radius 2 is 2.00 bits per heavy atom. The minimum atomic E-state index is -0.116. The fourth-order valence-corrected chi connectivity index (χ4v) is 1.87. The van der Waals surface area contributed by atoms with Crippen LogP contribution < -0.4 is 4.57 Å². The van der Waals surface area contributed by atoms with Gasteiger partial charge < -0.3 is 0 Å². The Hall–Kier alpha value is -1.88. The summed E-state index contributed by atoms with van der Waals surface area (Å²) in [5.74, 6) is 0. The first-order valence-corrected chi connectivity index (χ1v) is 5.03. The molecular formula is C13H13N2+. The number of rotatable bonds is 1. The third-order valence-electron chi connectivity index (χ3n) is 2.76. The highest BCUT2D eigenvalue weighted by Gasteiger charge is 2.16. The lowest BCUT2D eigenvalue weighted by Crippen LogP contribution is -2.39. The van der Waals surface area contributed by atoms with Crippen molar-refractivity contribution in [1.29, 1.82) is 5.26 Å². The zero-order valence-corrected chi connectivity index (χ0v) is 8.94.